The van der Waals surface area contributed by atoms with E-state index >= 15 is 0 Å². The fourth-order valence-electron chi connectivity index (χ4n) is 6.81. The number of aliphatic carboxylic acids is 1. The molecular formula is C45H48N2O6. The number of carbonyl (C=O) groups excluding carboxylic acids is 1. The lowest BCUT2D eigenvalue weighted by atomic mass is 9.97. The molecule has 274 valence electrons. The number of nitrogens with one attached hydrogen (secondary N) is 1. The Labute approximate surface area is 312 Å². The van der Waals surface area contributed by atoms with E-state index in [-0.39, 0.29) is 31.1 Å². The Hall–Kier alpha value is -5.12. The van der Waals surface area contributed by atoms with Gasteiger partial charge in [-0.1, -0.05) is 133 Å². The average molecular weight is 713 g/mol. The van der Waals surface area contributed by atoms with Crippen molar-refractivity contribution < 1.29 is 29.3 Å². The van der Waals surface area contributed by atoms with Crippen LogP contribution in [-0.4, -0.2) is 39.6 Å². The van der Waals surface area contributed by atoms with Gasteiger partial charge in [0.05, 0.1) is 18.8 Å². The van der Waals surface area contributed by atoms with Crippen LogP contribution in [0.25, 0.3) is 11.1 Å². The molecule has 0 aliphatic carbocycles. The Balaban J connectivity index is 1.19. The van der Waals surface area contributed by atoms with Crippen LogP contribution in [0.1, 0.15) is 77.9 Å². The first-order valence-corrected chi connectivity index (χ1v) is 18.4. The normalized spacial score (nSPS) is 17.1. The average Bonchev–Trinajstić information content (AvgIpc) is 3.19. The van der Waals surface area contributed by atoms with Crippen molar-refractivity contribution in [1.29, 1.82) is 0 Å². The molecule has 6 rings (SSSR count). The second-order valence-electron chi connectivity index (χ2n) is 13.6. The van der Waals surface area contributed by atoms with Gasteiger partial charge < -0.3 is 25.0 Å². The standard InChI is InChI=1S/C45H48N2O6/c48-32-35-19-21-37(22-20-35)42-27-40(31-47(29-33-11-3-1-4-12-33)30-34-13-5-2-6-14-34)52-45(53-42)38-25-23-36(24-26-38)41-16-8-7-15-39(41)28-46-43(49)17-9-10-18-44(50)51/h1-8,11-16,19-26,40,42,45,48H,9-10,17-18,27-32H2,(H,46,49)(H,50,51)/t40-,42+,45+/m1/s1. The summed E-state index contributed by atoms with van der Waals surface area (Å²) in [5.41, 5.74) is 8.34. The first-order chi connectivity index (χ1) is 25.9. The molecule has 1 amide bonds. The van der Waals surface area contributed by atoms with E-state index in [0.717, 1.165) is 46.5 Å². The number of rotatable bonds is 17. The Morgan fingerprint density at radius 2 is 1.28 bits per heavy atom. The van der Waals surface area contributed by atoms with Crippen LogP contribution in [-0.2, 0) is 45.3 Å². The highest BCUT2D eigenvalue weighted by Gasteiger charge is 2.33. The van der Waals surface area contributed by atoms with Gasteiger partial charge in [-0.3, -0.25) is 14.5 Å². The van der Waals surface area contributed by atoms with Gasteiger partial charge in [0, 0.05) is 51.0 Å². The number of amides is 1. The van der Waals surface area contributed by atoms with Crippen LogP contribution in [0.3, 0.4) is 0 Å². The molecule has 1 saturated heterocycles. The molecule has 0 unspecified atom stereocenters. The fourth-order valence-corrected chi connectivity index (χ4v) is 6.81. The van der Waals surface area contributed by atoms with E-state index in [1.54, 1.807) is 0 Å². The summed E-state index contributed by atoms with van der Waals surface area (Å²) in [6, 6.07) is 45.3. The maximum absolute atomic E-state index is 12.5. The lowest BCUT2D eigenvalue weighted by Crippen LogP contribution is -2.39. The summed E-state index contributed by atoms with van der Waals surface area (Å²) in [4.78, 5) is 25.7. The highest BCUT2D eigenvalue weighted by Crippen LogP contribution is 2.39. The molecule has 0 saturated carbocycles. The Morgan fingerprint density at radius 1 is 0.679 bits per heavy atom. The van der Waals surface area contributed by atoms with Gasteiger partial charge in [-0.05, 0) is 51.8 Å². The number of benzene rings is 5. The summed E-state index contributed by atoms with van der Waals surface area (Å²) < 4.78 is 13.5. The summed E-state index contributed by atoms with van der Waals surface area (Å²) in [6.45, 7) is 2.66. The predicted octanol–water partition coefficient (Wildman–Crippen LogP) is 8.35. The van der Waals surface area contributed by atoms with Crippen LogP contribution in [0.2, 0.25) is 0 Å². The molecule has 8 heteroatoms. The minimum atomic E-state index is -0.843. The topological polar surface area (TPSA) is 108 Å². The summed E-state index contributed by atoms with van der Waals surface area (Å²) in [5, 5.41) is 21.5. The molecule has 3 atom stereocenters. The zero-order valence-corrected chi connectivity index (χ0v) is 30.0. The van der Waals surface area contributed by atoms with Gasteiger partial charge in [0.15, 0.2) is 6.29 Å². The van der Waals surface area contributed by atoms with Gasteiger partial charge in [0.2, 0.25) is 5.91 Å². The van der Waals surface area contributed by atoms with E-state index in [2.05, 4.69) is 83.0 Å². The van der Waals surface area contributed by atoms with Crippen LogP contribution in [0.5, 0.6) is 0 Å². The van der Waals surface area contributed by atoms with Gasteiger partial charge in [0.1, 0.15) is 0 Å². The number of carboxylic acids is 1. The molecule has 0 bridgehead atoms. The van der Waals surface area contributed by atoms with E-state index in [1.165, 1.54) is 11.1 Å². The number of hydrogen-bond donors (Lipinski definition) is 3. The van der Waals surface area contributed by atoms with Crippen molar-refractivity contribution in [2.24, 2.45) is 0 Å². The van der Waals surface area contributed by atoms with E-state index in [1.807, 2.05) is 60.7 Å². The number of carbonyl (C=O) groups is 2. The largest absolute Gasteiger partial charge is 0.481 e. The molecule has 53 heavy (non-hydrogen) atoms. The third kappa shape index (κ3) is 11.2. The minimum absolute atomic E-state index is 0.00938. The zero-order valence-electron chi connectivity index (χ0n) is 30.0. The molecule has 5 aromatic rings. The van der Waals surface area contributed by atoms with Gasteiger partial charge in [-0.2, -0.15) is 0 Å². The summed E-state index contributed by atoms with van der Waals surface area (Å²) in [7, 11) is 0. The molecule has 1 aliphatic rings. The number of nitrogens with zero attached hydrogens (tertiary/aromatic N) is 1. The molecule has 0 aromatic heterocycles. The zero-order chi connectivity index (χ0) is 36.8. The fraction of sp³-hybridized carbons (Fsp3) is 0.289. The molecule has 0 spiro atoms. The van der Waals surface area contributed by atoms with Crippen LogP contribution in [0, 0.1) is 0 Å². The molecule has 1 fully saturated rings. The van der Waals surface area contributed by atoms with E-state index in [0.29, 0.717) is 38.8 Å². The molecule has 8 nitrogen and oxygen atoms in total. The van der Waals surface area contributed by atoms with Crippen molar-refractivity contribution in [3.8, 4) is 11.1 Å². The second-order valence-corrected chi connectivity index (χ2v) is 13.6. The molecule has 1 heterocycles. The van der Waals surface area contributed by atoms with Gasteiger partial charge >= 0.3 is 5.97 Å². The number of unbranched alkanes of at least 4 members (excludes halogenated alkanes) is 1. The number of ether oxygens (including phenoxy) is 2. The van der Waals surface area contributed by atoms with Gasteiger partial charge in [-0.25, -0.2) is 0 Å². The van der Waals surface area contributed by atoms with Crippen molar-refractivity contribution in [3.63, 3.8) is 0 Å². The lowest BCUT2D eigenvalue weighted by molar-refractivity contribution is -0.253. The van der Waals surface area contributed by atoms with Crippen molar-refractivity contribution in [2.45, 2.75) is 76.8 Å². The highest BCUT2D eigenvalue weighted by atomic mass is 16.7. The SMILES string of the molecule is O=C(O)CCCCC(=O)NCc1ccccc1-c1ccc([C@H]2O[C@@H](CN(Cc3ccccc3)Cc3ccccc3)C[C@@H](c3ccc(CO)cc3)O2)cc1. The van der Waals surface area contributed by atoms with Gasteiger partial charge in [-0.15, -0.1) is 0 Å². The van der Waals surface area contributed by atoms with Crippen LogP contribution in [0.15, 0.2) is 133 Å². The second kappa shape index (κ2) is 19.1. The maximum Gasteiger partial charge on any atom is 0.303 e. The predicted molar refractivity (Wildman–Crippen MR) is 205 cm³/mol. The Kier molecular flexibility index (Phi) is 13.6. The molecule has 0 radical (unpaired) electrons. The quantitative estimate of drug-likeness (QED) is 0.0832. The summed E-state index contributed by atoms with van der Waals surface area (Å²) in [6.07, 6.45) is 1.19. The van der Waals surface area contributed by atoms with Gasteiger partial charge in [0.25, 0.3) is 0 Å². The minimum Gasteiger partial charge on any atom is -0.481 e. The Morgan fingerprint density at radius 3 is 1.92 bits per heavy atom. The third-order valence-corrected chi connectivity index (χ3v) is 9.61. The van der Waals surface area contributed by atoms with Crippen molar-refractivity contribution >= 4 is 11.9 Å². The third-order valence-electron chi connectivity index (χ3n) is 9.61. The summed E-state index contributed by atoms with van der Waals surface area (Å²) in [5.74, 6) is -0.933. The smallest absolute Gasteiger partial charge is 0.303 e. The number of hydrogen-bond acceptors (Lipinski definition) is 6. The van der Waals surface area contributed by atoms with Crippen molar-refractivity contribution in [2.75, 3.05) is 6.54 Å². The number of aliphatic hydroxyl groups excluding tert-OH is 1. The van der Waals surface area contributed by atoms with Crippen LogP contribution >= 0.6 is 0 Å². The first kappa shape index (κ1) is 37.6. The van der Waals surface area contributed by atoms with E-state index < -0.39 is 12.3 Å². The highest BCUT2D eigenvalue weighted by molar-refractivity contribution is 5.76. The summed E-state index contributed by atoms with van der Waals surface area (Å²) >= 11 is 0. The molecular weight excluding hydrogens is 665 g/mol. The van der Waals surface area contributed by atoms with Crippen LogP contribution in [0.4, 0.5) is 0 Å². The molecule has 5 aromatic carbocycles. The first-order valence-electron chi connectivity index (χ1n) is 18.4. The van der Waals surface area contributed by atoms with Crippen LogP contribution < -0.4 is 5.32 Å². The monoisotopic (exact) mass is 712 g/mol. The van der Waals surface area contributed by atoms with Crippen molar-refractivity contribution in [1.82, 2.24) is 10.2 Å². The molecule has 1 aliphatic heterocycles. The lowest BCUT2D eigenvalue weighted by Gasteiger charge is -2.38. The maximum atomic E-state index is 12.5. The van der Waals surface area contributed by atoms with Crippen molar-refractivity contribution in [3.05, 3.63) is 167 Å². The number of carboxylic acid groups (broad SMARTS) is 1. The molecule has 3 N–H and O–H groups in total. The van der Waals surface area contributed by atoms with E-state index in [4.69, 9.17) is 14.6 Å². The van der Waals surface area contributed by atoms with E-state index in [9.17, 15) is 14.7 Å². The number of aliphatic hydroxyl groups is 1. The Bertz CT molecular complexity index is 1840.